The molecule has 1 rings (SSSR count). The maximum absolute atomic E-state index is 4.99. The number of ether oxygens (including phenoxy) is 1. The van der Waals surface area contributed by atoms with Crippen LogP contribution in [0.4, 0.5) is 0 Å². The maximum Gasteiger partial charge on any atom is 0.0951 e. The number of hydrogen-bond acceptors (Lipinski definition) is 2. The molecule has 0 unspecified atom stereocenters. The fourth-order valence-corrected chi connectivity index (χ4v) is 1.30. The van der Waals surface area contributed by atoms with Crippen molar-refractivity contribution in [2.45, 2.75) is 33.2 Å². The number of unbranched alkanes of at least 4 members (excludes halogenated alkanes) is 1. The third-order valence-electron chi connectivity index (χ3n) is 2.34. The van der Waals surface area contributed by atoms with E-state index in [2.05, 4.69) is 16.5 Å². The van der Waals surface area contributed by atoms with E-state index in [1.54, 1.807) is 7.11 Å². The second-order valence-electron chi connectivity index (χ2n) is 3.31. The molecule has 0 fully saturated rings. The third-order valence-corrected chi connectivity index (χ3v) is 2.34. The van der Waals surface area contributed by atoms with Crippen LogP contribution in [0, 0.1) is 13.8 Å². The van der Waals surface area contributed by atoms with E-state index in [1.165, 1.54) is 5.69 Å². The third kappa shape index (κ3) is 2.84. The lowest BCUT2D eigenvalue weighted by Gasteiger charge is -2.04. The molecule has 3 nitrogen and oxygen atoms in total. The Kier molecular flexibility index (Phi) is 3.96. The molecule has 0 radical (unpaired) electrons. The van der Waals surface area contributed by atoms with Crippen LogP contribution in [-0.4, -0.2) is 23.3 Å². The van der Waals surface area contributed by atoms with Crippen molar-refractivity contribution in [3.63, 3.8) is 0 Å². The topological polar surface area (TPSA) is 27.1 Å². The van der Waals surface area contributed by atoms with Gasteiger partial charge < -0.3 is 9.30 Å². The first-order valence-corrected chi connectivity index (χ1v) is 4.73. The Morgan fingerprint density at radius 2 is 2.15 bits per heavy atom. The molecule has 0 atom stereocenters. The van der Waals surface area contributed by atoms with Gasteiger partial charge in [-0.1, -0.05) is 0 Å². The molecule has 0 bridgehead atoms. The van der Waals surface area contributed by atoms with Crippen LogP contribution in [0.25, 0.3) is 0 Å². The van der Waals surface area contributed by atoms with E-state index in [0.29, 0.717) is 0 Å². The number of imidazole rings is 1. The van der Waals surface area contributed by atoms with Gasteiger partial charge in [0, 0.05) is 26.0 Å². The normalized spacial score (nSPS) is 10.7. The van der Waals surface area contributed by atoms with E-state index in [4.69, 9.17) is 4.74 Å². The van der Waals surface area contributed by atoms with Crippen molar-refractivity contribution in [3.05, 3.63) is 17.7 Å². The van der Waals surface area contributed by atoms with Crippen molar-refractivity contribution in [1.82, 2.24) is 9.55 Å². The van der Waals surface area contributed by atoms with Gasteiger partial charge >= 0.3 is 0 Å². The molecule has 3 heteroatoms. The van der Waals surface area contributed by atoms with Gasteiger partial charge in [-0.15, -0.1) is 0 Å². The SMILES string of the molecule is COCCCCn1cnc(C)c1C. The van der Waals surface area contributed by atoms with Gasteiger partial charge in [0.1, 0.15) is 0 Å². The van der Waals surface area contributed by atoms with Crippen molar-refractivity contribution in [2.24, 2.45) is 0 Å². The van der Waals surface area contributed by atoms with Gasteiger partial charge in [0.15, 0.2) is 0 Å². The van der Waals surface area contributed by atoms with E-state index in [0.717, 1.165) is 31.7 Å². The summed E-state index contributed by atoms with van der Waals surface area (Å²) in [7, 11) is 1.74. The van der Waals surface area contributed by atoms with E-state index in [1.807, 2.05) is 13.3 Å². The zero-order valence-electron chi connectivity index (χ0n) is 8.71. The molecule has 74 valence electrons. The Morgan fingerprint density at radius 3 is 2.69 bits per heavy atom. The van der Waals surface area contributed by atoms with Crippen molar-refractivity contribution in [1.29, 1.82) is 0 Å². The van der Waals surface area contributed by atoms with Crippen molar-refractivity contribution < 1.29 is 4.74 Å². The van der Waals surface area contributed by atoms with Crippen LogP contribution in [0.1, 0.15) is 24.2 Å². The Hall–Kier alpha value is -0.830. The van der Waals surface area contributed by atoms with E-state index >= 15 is 0 Å². The van der Waals surface area contributed by atoms with Crippen LogP contribution in [0.3, 0.4) is 0 Å². The molecule has 0 aromatic carbocycles. The predicted octanol–water partition coefficient (Wildman–Crippen LogP) is 1.93. The van der Waals surface area contributed by atoms with Crippen LogP contribution < -0.4 is 0 Å². The highest BCUT2D eigenvalue weighted by Crippen LogP contribution is 2.05. The zero-order valence-corrected chi connectivity index (χ0v) is 8.71. The Balaban J connectivity index is 2.32. The molecule has 1 heterocycles. The summed E-state index contributed by atoms with van der Waals surface area (Å²) >= 11 is 0. The van der Waals surface area contributed by atoms with E-state index < -0.39 is 0 Å². The highest BCUT2D eigenvalue weighted by molar-refractivity contribution is 5.08. The van der Waals surface area contributed by atoms with Gasteiger partial charge in [0.2, 0.25) is 0 Å². The van der Waals surface area contributed by atoms with Crippen molar-refractivity contribution in [3.8, 4) is 0 Å². The minimum atomic E-state index is 0.854. The molecular weight excluding hydrogens is 164 g/mol. The average Bonchev–Trinajstić information content (AvgIpc) is 2.43. The minimum Gasteiger partial charge on any atom is -0.385 e. The molecule has 1 aromatic heterocycles. The fraction of sp³-hybridized carbons (Fsp3) is 0.700. The quantitative estimate of drug-likeness (QED) is 0.650. The van der Waals surface area contributed by atoms with Crippen LogP contribution in [0.5, 0.6) is 0 Å². The Bertz CT molecular complexity index is 255. The smallest absolute Gasteiger partial charge is 0.0951 e. The van der Waals surface area contributed by atoms with Crippen molar-refractivity contribution >= 4 is 0 Å². The summed E-state index contributed by atoms with van der Waals surface area (Å²) in [6, 6.07) is 0. The van der Waals surface area contributed by atoms with Crippen molar-refractivity contribution in [2.75, 3.05) is 13.7 Å². The van der Waals surface area contributed by atoms with Gasteiger partial charge in [0.25, 0.3) is 0 Å². The van der Waals surface area contributed by atoms with Gasteiger partial charge in [-0.25, -0.2) is 4.98 Å². The van der Waals surface area contributed by atoms with E-state index in [9.17, 15) is 0 Å². The summed E-state index contributed by atoms with van der Waals surface area (Å²) in [6.45, 7) is 6.06. The highest BCUT2D eigenvalue weighted by atomic mass is 16.5. The molecule has 13 heavy (non-hydrogen) atoms. The second kappa shape index (κ2) is 5.02. The van der Waals surface area contributed by atoms with Crippen LogP contribution in [0.15, 0.2) is 6.33 Å². The number of aryl methyl sites for hydroxylation is 2. The molecule has 0 aliphatic rings. The number of methoxy groups -OCH3 is 1. The standard InChI is InChI=1S/C10H18N2O/c1-9-10(2)12(8-11-9)6-4-5-7-13-3/h8H,4-7H2,1-3H3. The summed E-state index contributed by atoms with van der Waals surface area (Å²) in [5.74, 6) is 0. The Labute approximate surface area is 79.7 Å². The van der Waals surface area contributed by atoms with Gasteiger partial charge in [-0.2, -0.15) is 0 Å². The van der Waals surface area contributed by atoms with Gasteiger partial charge in [-0.3, -0.25) is 0 Å². The first-order valence-electron chi connectivity index (χ1n) is 4.73. The number of nitrogens with zero attached hydrogens (tertiary/aromatic N) is 2. The van der Waals surface area contributed by atoms with Gasteiger partial charge in [0.05, 0.1) is 12.0 Å². The summed E-state index contributed by atoms with van der Waals surface area (Å²) in [5.41, 5.74) is 2.41. The van der Waals surface area contributed by atoms with Gasteiger partial charge in [-0.05, 0) is 26.7 Å². The predicted molar refractivity (Wildman–Crippen MR) is 52.8 cm³/mol. The van der Waals surface area contributed by atoms with Crippen LogP contribution >= 0.6 is 0 Å². The molecule has 0 N–H and O–H groups in total. The molecular formula is C10H18N2O. The minimum absolute atomic E-state index is 0.854. The zero-order chi connectivity index (χ0) is 9.68. The number of aromatic nitrogens is 2. The first kappa shape index (κ1) is 10.3. The second-order valence-corrected chi connectivity index (χ2v) is 3.31. The van der Waals surface area contributed by atoms with E-state index in [-0.39, 0.29) is 0 Å². The molecule has 0 amide bonds. The molecule has 1 aromatic rings. The summed E-state index contributed by atoms with van der Waals surface area (Å²) in [6.07, 6.45) is 4.19. The highest BCUT2D eigenvalue weighted by Gasteiger charge is 2.00. The van der Waals surface area contributed by atoms with Crippen LogP contribution in [-0.2, 0) is 11.3 Å². The largest absolute Gasteiger partial charge is 0.385 e. The lowest BCUT2D eigenvalue weighted by atomic mass is 10.3. The Morgan fingerprint density at radius 1 is 1.38 bits per heavy atom. The average molecular weight is 182 g/mol. The summed E-state index contributed by atoms with van der Waals surface area (Å²) < 4.78 is 7.19. The fourth-order valence-electron chi connectivity index (χ4n) is 1.30. The molecule has 0 saturated carbocycles. The first-order chi connectivity index (χ1) is 6.25. The maximum atomic E-state index is 4.99. The molecule has 0 saturated heterocycles. The summed E-state index contributed by atoms with van der Waals surface area (Å²) in [5, 5.41) is 0. The molecule has 0 spiro atoms. The number of rotatable bonds is 5. The lowest BCUT2D eigenvalue weighted by Crippen LogP contribution is -2.00. The summed E-state index contributed by atoms with van der Waals surface area (Å²) in [4.78, 5) is 4.25. The molecule has 0 aliphatic carbocycles. The monoisotopic (exact) mass is 182 g/mol. The number of hydrogen-bond donors (Lipinski definition) is 0. The van der Waals surface area contributed by atoms with Crippen LogP contribution in [0.2, 0.25) is 0 Å². The lowest BCUT2D eigenvalue weighted by molar-refractivity contribution is 0.191. The molecule has 0 aliphatic heterocycles.